The van der Waals surface area contributed by atoms with Gasteiger partial charge in [-0.25, -0.2) is 0 Å². The van der Waals surface area contributed by atoms with Gasteiger partial charge in [-0.3, -0.25) is 4.79 Å². The van der Waals surface area contributed by atoms with Gasteiger partial charge in [-0.15, -0.1) is 5.10 Å². The zero-order chi connectivity index (χ0) is 27.9. The molecule has 3 N–H and O–H groups in total. The highest BCUT2D eigenvalue weighted by Gasteiger charge is 1.98. The summed E-state index contributed by atoms with van der Waals surface area (Å²) in [6, 6.07) is 7.19. The standard InChI is InChI=1S/C7H16.C6H5N3O.C4H8O2.C4H10O.C3H8O.C2H6O/c1-3-5-7-6-4-2;10-9-6-4-2-1-3-5(6)7-8-9;1-3-6-4(2)5;1-3-5-4-2;1-3(2)4;1-2-3/h3-7H2,1-2H3;1-4,10H;3H2,1-2H3;3-4H2,1-2H3;3-4H,1-2H3;3H,2H2,1H3. The van der Waals surface area contributed by atoms with E-state index in [1.807, 2.05) is 26.0 Å². The van der Waals surface area contributed by atoms with Crippen molar-refractivity contribution in [2.24, 2.45) is 0 Å². The van der Waals surface area contributed by atoms with E-state index in [0.717, 1.165) is 18.1 Å². The fourth-order valence-corrected chi connectivity index (χ4v) is 1.94. The smallest absolute Gasteiger partial charge is 0.302 e. The Morgan fingerprint density at radius 3 is 1.69 bits per heavy atom. The van der Waals surface area contributed by atoms with E-state index >= 15 is 0 Å². The molecule has 0 saturated carbocycles. The first kappa shape index (κ1) is 40.0. The second kappa shape index (κ2) is 33.9. The van der Waals surface area contributed by atoms with Crippen molar-refractivity contribution in [3.8, 4) is 0 Å². The zero-order valence-corrected chi connectivity index (χ0v) is 23.7. The predicted octanol–water partition coefficient (Wildman–Crippen LogP) is 5.64. The number of rotatable bonds is 7. The van der Waals surface area contributed by atoms with E-state index in [-0.39, 0.29) is 18.7 Å². The maximum Gasteiger partial charge on any atom is 0.302 e. The Morgan fingerprint density at radius 1 is 0.943 bits per heavy atom. The number of benzene rings is 1. The average Bonchev–Trinajstić information content (AvgIpc) is 3.17. The monoisotopic (exact) mass is 503 g/mol. The lowest BCUT2D eigenvalue weighted by Crippen LogP contribution is -1.95. The van der Waals surface area contributed by atoms with Gasteiger partial charge in [0.2, 0.25) is 0 Å². The normalized spacial score (nSPS) is 8.91. The molecule has 0 bridgehead atoms. The van der Waals surface area contributed by atoms with Gasteiger partial charge in [0.05, 0.1) is 6.61 Å². The molecular weight excluding hydrogens is 450 g/mol. The van der Waals surface area contributed by atoms with E-state index in [4.69, 9.17) is 20.2 Å². The summed E-state index contributed by atoms with van der Waals surface area (Å²) in [7, 11) is 0. The summed E-state index contributed by atoms with van der Waals surface area (Å²) in [4.78, 5) is 10.6. The van der Waals surface area contributed by atoms with E-state index in [0.29, 0.717) is 17.6 Å². The van der Waals surface area contributed by atoms with Crippen molar-refractivity contribution >= 4 is 17.0 Å². The highest BCUT2D eigenvalue weighted by atomic mass is 16.5. The highest BCUT2D eigenvalue weighted by molar-refractivity contribution is 5.73. The van der Waals surface area contributed by atoms with Gasteiger partial charge in [0.1, 0.15) is 11.0 Å². The Morgan fingerprint density at radius 2 is 1.40 bits per heavy atom. The van der Waals surface area contributed by atoms with Gasteiger partial charge in [0.15, 0.2) is 0 Å². The number of nitrogens with zero attached hydrogens (tertiary/aromatic N) is 3. The predicted molar refractivity (Wildman–Crippen MR) is 144 cm³/mol. The molecule has 0 radical (unpaired) electrons. The number of aliphatic hydroxyl groups is 2. The molecule has 2 aromatic rings. The van der Waals surface area contributed by atoms with Crippen LogP contribution in [0.25, 0.3) is 11.0 Å². The summed E-state index contributed by atoms with van der Waals surface area (Å²) >= 11 is 0. The van der Waals surface area contributed by atoms with Crippen molar-refractivity contribution in [1.82, 2.24) is 15.2 Å². The molecule has 0 aliphatic rings. The van der Waals surface area contributed by atoms with Gasteiger partial charge in [0.25, 0.3) is 0 Å². The molecule has 208 valence electrons. The zero-order valence-electron chi connectivity index (χ0n) is 23.7. The molecular formula is C26H53N3O6. The average molecular weight is 504 g/mol. The van der Waals surface area contributed by atoms with Crippen molar-refractivity contribution in [2.45, 2.75) is 101 Å². The van der Waals surface area contributed by atoms with E-state index in [2.05, 4.69) is 28.9 Å². The van der Waals surface area contributed by atoms with Crippen LogP contribution in [0.4, 0.5) is 0 Å². The quantitative estimate of drug-likeness (QED) is 0.251. The van der Waals surface area contributed by atoms with Crippen LogP contribution in [0.3, 0.4) is 0 Å². The van der Waals surface area contributed by atoms with Crippen LogP contribution in [0.15, 0.2) is 24.3 Å². The Bertz CT molecular complexity index is 642. The van der Waals surface area contributed by atoms with Crippen LogP contribution in [-0.4, -0.2) is 69.1 Å². The SMILES string of the molecule is CC(C)O.CCCCCCC.CCO.CCOC(C)=O.CCOCC.On1nnc2ccccc21. The summed E-state index contributed by atoms with van der Waals surface area (Å²) < 4.78 is 9.24. The van der Waals surface area contributed by atoms with E-state index in [1.165, 1.54) is 39.0 Å². The fraction of sp³-hybridized carbons (Fsp3) is 0.731. The number of para-hydroxylation sites is 1. The molecule has 0 aliphatic carbocycles. The maximum atomic E-state index is 9.82. The minimum atomic E-state index is -0.211. The van der Waals surface area contributed by atoms with Crippen LogP contribution in [0.5, 0.6) is 0 Å². The Labute approximate surface area is 213 Å². The summed E-state index contributed by atoms with van der Waals surface area (Å²) in [6.45, 7) is 19.2. The second-order valence-electron chi connectivity index (χ2n) is 7.14. The number of aliphatic hydroxyl groups excluding tert-OH is 2. The minimum absolute atomic E-state index is 0.167. The molecule has 1 heterocycles. The highest BCUT2D eigenvalue weighted by Crippen LogP contribution is 2.06. The number of fused-ring (bicyclic) bond motifs is 1. The van der Waals surface area contributed by atoms with Crippen LogP contribution in [0.2, 0.25) is 0 Å². The first-order valence-corrected chi connectivity index (χ1v) is 12.6. The van der Waals surface area contributed by atoms with Crippen LogP contribution >= 0.6 is 0 Å². The second-order valence-corrected chi connectivity index (χ2v) is 7.14. The molecule has 35 heavy (non-hydrogen) atoms. The van der Waals surface area contributed by atoms with Crippen LogP contribution in [-0.2, 0) is 14.3 Å². The van der Waals surface area contributed by atoms with Gasteiger partial charge in [-0.1, -0.05) is 62.9 Å². The maximum absolute atomic E-state index is 9.82. The van der Waals surface area contributed by atoms with E-state index in [1.54, 1.807) is 39.8 Å². The Kier molecular flexibility index (Phi) is 38.8. The van der Waals surface area contributed by atoms with Crippen molar-refractivity contribution in [3.63, 3.8) is 0 Å². The number of esters is 1. The fourth-order valence-electron chi connectivity index (χ4n) is 1.94. The molecule has 0 saturated heterocycles. The lowest BCUT2D eigenvalue weighted by atomic mass is 10.2. The van der Waals surface area contributed by atoms with E-state index in [9.17, 15) is 4.79 Å². The third-order valence-electron chi connectivity index (χ3n) is 3.30. The Hall–Kier alpha value is -2.23. The molecule has 0 amide bonds. The summed E-state index contributed by atoms with van der Waals surface area (Å²) in [5, 5.41) is 31.7. The third kappa shape index (κ3) is 39.3. The topological polar surface area (TPSA) is 127 Å². The van der Waals surface area contributed by atoms with Crippen LogP contribution in [0, 0.1) is 0 Å². The molecule has 0 unspecified atom stereocenters. The van der Waals surface area contributed by atoms with Crippen molar-refractivity contribution < 1.29 is 29.7 Å². The van der Waals surface area contributed by atoms with Crippen molar-refractivity contribution in [2.75, 3.05) is 26.4 Å². The lowest BCUT2D eigenvalue weighted by molar-refractivity contribution is -0.140. The first-order chi connectivity index (χ1) is 16.6. The van der Waals surface area contributed by atoms with Gasteiger partial charge in [-0.2, -0.15) is 0 Å². The molecule has 1 aromatic heterocycles. The molecule has 0 fully saturated rings. The van der Waals surface area contributed by atoms with Crippen molar-refractivity contribution in [3.05, 3.63) is 24.3 Å². The molecule has 2 rings (SSSR count). The summed E-state index contributed by atoms with van der Waals surface area (Å²) in [5.74, 6) is -0.211. The lowest BCUT2D eigenvalue weighted by Gasteiger charge is -1.90. The van der Waals surface area contributed by atoms with E-state index < -0.39 is 0 Å². The molecule has 9 nitrogen and oxygen atoms in total. The molecule has 9 heteroatoms. The number of carbonyl (C=O) groups excluding carboxylic acids is 1. The molecule has 0 aliphatic heterocycles. The molecule has 0 spiro atoms. The molecule has 1 aromatic carbocycles. The number of carbonyl (C=O) groups is 1. The molecule has 0 atom stereocenters. The number of hydrogen-bond acceptors (Lipinski definition) is 8. The summed E-state index contributed by atoms with van der Waals surface area (Å²) in [6.07, 6.45) is 6.84. The van der Waals surface area contributed by atoms with Crippen LogP contribution < -0.4 is 0 Å². The largest absolute Gasteiger partial charge is 0.466 e. The minimum Gasteiger partial charge on any atom is -0.466 e. The van der Waals surface area contributed by atoms with Gasteiger partial charge in [-0.05, 0) is 58.9 Å². The third-order valence-corrected chi connectivity index (χ3v) is 3.30. The van der Waals surface area contributed by atoms with Gasteiger partial charge < -0.3 is 24.9 Å². The number of unbranched alkanes of at least 4 members (excludes halogenated alkanes) is 4. The van der Waals surface area contributed by atoms with Crippen molar-refractivity contribution in [1.29, 1.82) is 0 Å². The van der Waals surface area contributed by atoms with Gasteiger partial charge >= 0.3 is 5.97 Å². The number of ether oxygens (including phenoxy) is 2. The van der Waals surface area contributed by atoms with Gasteiger partial charge in [0, 0.05) is 32.8 Å². The van der Waals surface area contributed by atoms with Crippen LogP contribution in [0.1, 0.15) is 94.4 Å². The Balaban J connectivity index is -0.000000173. The number of hydrogen-bond donors (Lipinski definition) is 3. The first-order valence-electron chi connectivity index (χ1n) is 12.6. The number of aromatic nitrogens is 3. The summed E-state index contributed by atoms with van der Waals surface area (Å²) in [5.41, 5.74) is 1.33.